The number of rotatable bonds is 7. The van der Waals surface area contributed by atoms with Crippen molar-refractivity contribution >= 4 is 53.4 Å². The molecule has 6 nitrogen and oxygen atoms in total. The zero-order valence-corrected chi connectivity index (χ0v) is 20.3. The molecule has 0 saturated carbocycles. The summed E-state index contributed by atoms with van der Waals surface area (Å²) in [5.74, 6) is -0.406. The van der Waals surface area contributed by atoms with Crippen LogP contribution in [0, 0.1) is 0 Å². The SMILES string of the molecule is CCCN(CCC)S(=O)(=O)c1ccc(C(=O)N=c2sc3cccc(Br)c3n2C)cc1. The van der Waals surface area contributed by atoms with Crippen molar-refractivity contribution in [2.75, 3.05) is 13.1 Å². The first kappa shape index (κ1) is 22.9. The van der Waals surface area contributed by atoms with E-state index in [0.717, 1.165) is 27.5 Å². The van der Waals surface area contributed by atoms with Gasteiger partial charge in [0.1, 0.15) is 0 Å². The Labute approximate surface area is 189 Å². The van der Waals surface area contributed by atoms with Crippen molar-refractivity contribution in [3.63, 3.8) is 0 Å². The second-order valence-electron chi connectivity index (χ2n) is 6.88. The molecule has 9 heteroatoms. The average Bonchev–Trinajstić information content (AvgIpc) is 3.04. The average molecular weight is 510 g/mol. The second kappa shape index (κ2) is 9.55. The van der Waals surface area contributed by atoms with Crippen LogP contribution in [0.25, 0.3) is 10.2 Å². The minimum absolute atomic E-state index is 0.192. The van der Waals surface area contributed by atoms with Crippen molar-refractivity contribution in [2.24, 2.45) is 12.0 Å². The summed E-state index contributed by atoms with van der Waals surface area (Å²) in [5.41, 5.74) is 1.32. The Morgan fingerprint density at radius 2 is 1.73 bits per heavy atom. The van der Waals surface area contributed by atoms with Gasteiger partial charge in [-0.1, -0.05) is 31.3 Å². The smallest absolute Gasteiger partial charge is 0.279 e. The number of sulfonamides is 1. The molecule has 0 radical (unpaired) electrons. The molecule has 30 heavy (non-hydrogen) atoms. The quantitative estimate of drug-likeness (QED) is 0.468. The van der Waals surface area contributed by atoms with Crippen molar-refractivity contribution in [3.8, 4) is 0 Å². The molecule has 0 unspecified atom stereocenters. The number of thiazole rings is 1. The molecule has 3 aromatic rings. The molecule has 1 amide bonds. The van der Waals surface area contributed by atoms with Gasteiger partial charge in [0.25, 0.3) is 5.91 Å². The van der Waals surface area contributed by atoms with Gasteiger partial charge >= 0.3 is 0 Å². The zero-order valence-electron chi connectivity index (χ0n) is 17.1. The summed E-state index contributed by atoms with van der Waals surface area (Å²) >= 11 is 4.96. The van der Waals surface area contributed by atoms with Crippen LogP contribution in [0.4, 0.5) is 0 Å². The summed E-state index contributed by atoms with van der Waals surface area (Å²) in [6, 6.07) is 11.9. The van der Waals surface area contributed by atoms with Gasteiger partial charge in [-0.3, -0.25) is 4.79 Å². The van der Waals surface area contributed by atoms with Crippen molar-refractivity contribution in [1.29, 1.82) is 0 Å². The number of amides is 1. The monoisotopic (exact) mass is 509 g/mol. The fraction of sp³-hybridized carbons (Fsp3) is 0.333. The number of halogens is 1. The van der Waals surface area contributed by atoms with E-state index in [2.05, 4.69) is 20.9 Å². The summed E-state index contributed by atoms with van der Waals surface area (Å²) < 4.78 is 31.1. The van der Waals surface area contributed by atoms with Crippen LogP contribution in [0.15, 0.2) is 56.8 Å². The number of para-hydroxylation sites is 1. The normalized spacial score (nSPS) is 12.8. The number of benzene rings is 2. The van der Waals surface area contributed by atoms with Gasteiger partial charge in [0.15, 0.2) is 4.80 Å². The van der Waals surface area contributed by atoms with Gasteiger partial charge in [-0.25, -0.2) is 8.42 Å². The molecule has 2 aromatic carbocycles. The third-order valence-electron chi connectivity index (χ3n) is 4.66. The van der Waals surface area contributed by atoms with Crippen LogP contribution in [0.3, 0.4) is 0 Å². The lowest BCUT2D eigenvalue weighted by Crippen LogP contribution is -2.32. The van der Waals surface area contributed by atoms with Crippen LogP contribution in [0.1, 0.15) is 37.0 Å². The number of aromatic nitrogens is 1. The number of carbonyl (C=O) groups excluding carboxylic acids is 1. The lowest BCUT2D eigenvalue weighted by molar-refractivity contribution is 0.0998. The number of carbonyl (C=O) groups is 1. The van der Waals surface area contributed by atoms with E-state index in [1.807, 2.05) is 43.7 Å². The Hall–Kier alpha value is -1.81. The molecule has 3 rings (SSSR count). The van der Waals surface area contributed by atoms with E-state index in [4.69, 9.17) is 0 Å². The second-order valence-corrected chi connectivity index (χ2v) is 10.7. The third kappa shape index (κ3) is 4.59. The van der Waals surface area contributed by atoms with E-state index in [0.29, 0.717) is 23.5 Å². The first-order valence-corrected chi connectivity index (χ1v) is 12.8. The van der Waals surface area contributed by atoms with E-state index < -0.39 is 15.9 Å². The van der Waals surface area contributed by atoms with E-state index in [-0.39, 0.29) is 4.90 Å². The van der Waals surface area contributed by atoms with Crippen molar-refractivity contribution in [3.05, 3.63) is 57.3 Å². The van der Waals surface area contributed by atoms with Crippen molar-refractivity contribution < 1.29 is 13.2 Å². The molecule has 0 N–H and O–H groups in total. The number of hydrogen-bond donors (Lipinski definition) is 0. The first-order valence-electron chi connectivity index (χ1n) is 9.73. The number of fused-ring (bicyclic) bond motifs is 1. The molecule has 0 bridgehead atoms. The molecule has 0 aliphatic rings. The molecular weight excluding hydrogens is 486 g/mol. The predicted octanol–water partition coefficient (Wildman–Crippen LogP) is 4.55. The number of hydrogen-bond acceptors (Lipinski definition) is 4. The molecule has 0 fully saturated rings. The van der Waals surface area contributed by atoms with E-state index >= 15 is 0 Å². The van der Waals surface area contributed by atoms with Crippen LogP contribution in [-0.2, 0) is 17.1 Å². The lowest BCUT2D eigenvalue weighted by Gasteiger charge is -2.21. The van der Waals surface area contributed by atoms with Crippen LogP contribution in [-0.4, -0.2) is 36.3 Å². The maximum atomic E-state index is 12.9. The van der Waals surface area contributed by atoms with E-state index in [9.17, 15) is 13.2 Å². The molecule has 1 aromatic heterocycles. The van der Waals surface area contributed by atoms with Crippen LogP contribution in [0.5, 0.6) is 0 Å². The molecule has 160 valence electrons. The molecule has 1 heterocycles. The highest BCUT2D eigenvalue weighted by molar-refractivity contribution is 9.10. The largest absolute Gasteiger partial charge is 0.318 e. The van der Waals surface area contributed by atoms with Crippen molar-refractivity contribution in [1.82, 2.24) is 8.87 Å². The molecular formula is C21H24BrN3O3S2. The maximum absolute atomic E-state index is 12.9. The van der Waals surface area contributed by atoms with E-state index in [1.165, 1.54) is 39.9 Å². The summed E-state index contributed by atoms with van der Waals surface area (Å²) in [6.07, 6.45) is 1.49. The highest BCUT2D eigenvalue weighted by Crippen LogP contribution is 2.25. The van der Waals surface area contributed by atoms with Gasteiger partial charge in [-0.2, -0.15) is 9.30 Å². The fourth-order valence-electron chi connectivity index (χ4n) is 3.18. The van der Waals surface area contributed by atoms with Gasteiger partial charge in [0.05, 0.1) is 15.1 Å². The topological polar surface area (TPSA) is 71.7 Å². The Bertz CT molecular complexity index is 1220. The minimum Gasteiger partial charge on any atom is -0.318 e. The highest BCUT2D eigenvalue weighted by Gasteiger charge is 2.23. The van der Waals surface area contributed by atoms with Crippen molar-refractivity contribution in [2.45, 2.75) is 31.6 Å². The van der Waals surface area contributed by atoms with Gasteiger partial charge < -0.3 is 4.57 Å². The van der Waals surface area contributed by atoms with Crippen LogP contribution in [0.2, 0.25) is 0 Å². The fourth-order valence-corrected chi connectivity index (χ4v) is 6.62. The lowest BCUT2D eigenvalue weighted by atomic mass is 10.2. The molecule has 0 aliphatic carbocycles. The Morgan fingerprint density at radius 3 is 2.30 bits per heavy atom. The van der Waals surface area contributed by atoms with Crippen LogP contribution < -0.4 is 4.80 Å². The highest BCUT2D eigenvalue weighted by atomic mass is 79.9. The van der Waals surface area contributed by atoms with Crippen LogP contribution >= 0.6 is 27.3 Å². The summed E-state index contributed by atoms with van der Waals surface area (Å²) in [6.45, 7) is 4.86. The molecule has 0 atom stereocenters. The number of nitrogens with zero attached hydrogens (tertiary/aromatic N) is 3. The Morgan fingerprint density at radius 1 is 1.10 bits per heavy atom. The number of aryl methyl sites for hydroxylation is 1. The predicted molar refractivity (Wildman–Crippen MR) is 124 cm³/mol. The minimum atomic E-state index is -3.57. The van der Waals surface area contributed by atoms with E-state index in [1.54, 1.807) is 0 Å². The molecule has 0 saturated heterocycles. The Balaban J connectivity index is 1.91. The van der Waals surface area contributed by atoms with Gasteiger partial charge in [0, 0.05) is 30.2 Å². The standard InChI is InChI=1S/C21H24BrN3O3S2/c1-4-13-25(14-5-2)30(27,28)16-11-9-15(10-12-16)20(26)23-21-24(3)19-17(22)7-6-8-18(19)29-21/h6-12H,4-5,13-14H2,1-3H3. The third-order valence-corrected chi connectivity index (χ3v) is 8.31. The summed E-state index contributed by atoms with van der Waals surface area (Å²) in [7, 11) is -1.71. The molecule has 0 spiro atoms. The summed E-state index contributed by atoms with van der Waals surface area (Å²) in [5, 5.41) is 0. The Kier molecular flexibility index (Phi) is 7.28. The first-order chi connectivity index (χ1) is 14.3. The molecule has 0 aliphatic heterocycles. The zero-order chi connectivity index (χ0) is 21.9. The van der Waals surface area contributed by atoms with Gasteiger partial charge in [0.2, 0.25) is 10.0 Å². The van der Waals surface area contributed by atoms with Gasteiger partial charge in [-0.05, 0) is 65.2 Å². The summed E-state index contributed by atoms with van der Waals surface area (Å²) in [4.78, 5) is 17.7. The van der Waals surface area contributed by atoms with Gasteiger partial charge in [-0.15, -0.1) is 0 Å². The maximum Gasteiger partial charge on any atom is 0.279 e.